The minimum Gasteiger partial charge on any atom is -0.314 e. The van der Waals surface area contributed by atoms with Gasteiger partial charge in [-0.3, -0.25) is 14.5 Å². The number of carbonyl (C=O) groups is 2. The summed E-state index contributed by atoms with van der Waals surface area (Å²) in [6.07, 6.45) is 1.65. The quantitative estimate of drug-likeness (QED) is 0.667. The number of likely N-dealkylation sites (tertiary alicyclic amines) is 1. The molecule has 84 valence electrons. The van der Waals surface area contributed by atoms with Gasteiger partial charge in [0.25, 0.3) is 0 Å². The van der Waals surface area contributed by atoms with Crippen LogP contribution in [0.25, 0.3) is 0 Å². The van der Waals surface area contributed by atoms with Gasteiger partial charge in [-0.15, -0.1) is 0 Å². The fraction of sp³-hybridized carbons (Fsp3) is 0.818. The second-order valence-electron chi connectivity index (χ2n) is 4.52. The summed E-state index contributed by atoms with van der Waals surface area (Å²) >= 11 is 0. The molecule has 2 amide bonds. The fourth-order valence-electron chi connectivity index (χ4n) is 2.24. The molecule has 0 spiro atoms. The predicted molar refractivity (Wildman–Crippen MR) is 56.1 cm³/mol. The van der Waals surface area contributed by atoms with E-state index in [2.05, 4.69) is 19.2 Å². The summed E-state index contributed by atoms with van der Waals surface area (Å²) in [5.74, 6) is 0.223. The molecule has 2 fully saturated rings. The molecular weight excluding hydrogens is 192 g/mol. The first-order valence-electron chi connectivity index (χ1n) is 5.73. The number of carbonyl (C=O) groups excluding carboxylic acids is 2. The molecule has 0 aromatic carbocycles. The second-order valence-corrected chi connectivity index (χ2v) is 4.52. The van der Waals surface area contributed by atoms with E-state index in [1.807, 2.05) is 0 Å². The Bertz CT molecular complexity index is 270. The maximum Gasteiger partial charge on any atom is 0.233 e. The molecule has 1 aliphatic heterocycles. The van der Waals surface area contributed by atoms with Gasteiger partial charge >= 0.3 is 0 Å². The number of rotatable bonds is 5. The van der Waals surface area contributed by atoms with Crippen LogP contribution in [0.4, 0.5) is 0 Å². The summed E-state index contributed by atoms with van der Waals surface area (Å²) < 4.78 is 0. The number of imide groups is 1. The van der Waals surface area contributed by atoms with Crippen molar-refractivity contribution in [3.8, 4) is 0 Å². The van der Waals surface area contributed by atoms with Gasteiger partial charge < -0.3 is 5.32 Å². The molecule has 0 aromatic rings. The van der Waals surface area contributed by atoms with Gasteiger partial charge in [0.15, 0.2) is 0 Å². The maximum absolute atomic E-state index is 11.6. The van der Waals surface area contributed by atoms with Crippen LogP contribution in [0.15, 0.2) is 0 Å². The second kappa shape index (κ2) is 3.93. The normalized spacial score (nSPS) is 30.7. The van der Waals surface area contributed by atoms with Crippen molar-refractivity contribution in [1.29, 1.82) is 0 Å². The average Bonchev–Trinajstić information content (AvgIpc) is 2.92. The molecular formula is C11H18N2O2. The van der Waals surface area contributed by atoms with Crippen LogP contribution in [-0.4, -0.2) is 35.8 Å². The van der Waals surface area contributed by atoms with Crippen LogP contribution in [-0.2, 0) is 9.59 Å². The number of nitrogens with zero attached hydrogens (tertiary/aromatic N) is 1. The maximum atomic E-state index is 11.6. The molecule has 0 bridgehead atoms. The summed E-state index contributed by atoms with van der Waals surface area (Å²) in [4.78, 5) is 24.7. The lowest BCUT2D eigenvalue weighted by molar-refractivity contribution is -0.141. The van der Waals surface area contributed by atoms with E-state index in [0.717, 1.165) is 19.4 Å². The van der Waals surface area contributed by atoms with Crippen LogP contribution in [0, 0.1) is 11.8 Å². The number of hydrogen-bond acceptors (Lipinski definition) is 3. The van der Waals surface area contributed by atoms with Crippen LogP contribution in [0.3, 0.4) is 0 Å². The first kappa shape index (κ1) is 10.6. The molecule has 4 heteroatoms. The summed E-state index contributed by atoms with van der Waals surface area (Å²) in [5, 5.41) is 3.27. The van der Waals surface area contributed by atoms with Crippen LogP contribution >= 0.6 is 0 Å². The highest BCUT2D eigenvalue weighted by Gasteiger charge is 2.58. The number of hydrogen-bond donors (Lipinski definition) is 1. The lowest BCUT2D eigenvalue weighted by Crippen LogP contribution is -2.37. The van der Waals surface area contributed by atoms with E-state index >= 15 is 0 Å². The summed E-state index contributed by atoms with van der Waals surface area (Å²) in [5.41, 5.74) is 0. The monoisotopic (exact) mass is 210 g/mol. The average molecular weight is 210 g/mol. The number of nitrogens with one attached hydrogen (secondary N) is 1. The molecule has 1 saturated heterocycles. The standard InChI is InChI=1S/C11H18N2O2/c1-3-12-7(2)4-5-13-10(14)8-6-9(8)11(13)15/h7-9,12H,3-6H2,1-2H3. The van der Waals surface area contributed by atoms with Crippen molar-refractivity contribution in [3.63, 3.8) is 0 Å². The van der Waals surface area contributed by atoms with E-state index in [-0.39, 0.29) is 23.7 Å². The summed E-state index contributed by atoms with van der Waals surface area (Å²) in [6.45, 7) is 5.64. The van der Waals surface area contributed by atoms with Crippen molar-refractivity contribution < 1.29 is 9.59 Å². The highest BCUT2D eigenvalue weighted by molar-refractivity contribution is 6.08. The van der Waals surface area contributed by atoms with Crippen LogP contribution in [0.5, 0.6) is 0 Å². The SMILES string of the molecule is CCNC(C)CCN1C(=O)C2CC2C1=O. The zero-order valence-corrected chi connectivity index (χ0v) is 9.32. The Morgan fingerprint density at radius 2 is 2.00 bits per heavy atom. The summed E-state index contributed by atoms with van der Waals surface area (Å²) in [7, 11) is 0. The Labute approximate surface area is 90.0 Å². The van der Waals surface area contributed by atoms with Gasteiger partial charge in [-0.2, -0.15) is 0 Å². The van der Waals surface area contributed by atoms with Gasteiger partial charge in [-0.05, 0) is 26.3 Å². The topological polar surface area (TPSA) is 49.4 Å². The molecule has 3 atom stereocenters. The third-order valence-electron chi connectivity index (χ3n) is 3.30. The van der Waals surface area contributed by atoms with Gasteiger partial charge in [0.2, 0.25) is 11.8 Å². The van der Waals surface area contributed by atoms with E-state index < -0.39 is 0 Å². The third-order valence-corrected chi connectivity index (χ3v) is 3.30. The van der Waals surface area contributed by atoms with Crippen molar-refractivity contribution in [2.45, 2.75) is 32.7 Å². The van der Waals surface area contributed by atoms with Crippen LogP contribution in [0.2, 0.25) is 0 Å². The number of amides is 2. The van der Waals surface area contributed by atoms with Gasteiger partial charge in [-0.1, -0.05) is 6.92 Å². The molecule has 1 heterocycles. The lowest BCUT2D eigenvalue weighted by atomic mass is 10.2. The van der Waals surface area contributed by atoms with Crippen molar-refractivity contribution in [2.24, 2.45) is 11.8 Å². The Kier molecular flexibility index (Phi) is 2.78. The van der Waals surface area contributed by atoms with Crippen LogP contribution < -0.4 is 5.32 Å². The molecule has 1 aliphatic carbocycles. The minimum atomic E-state index is 0.0481. The first-order valence-corrected chi connectivity index (χ1v) is 5.73. The van der Waals surface area contributed by atoms with Gasteiger partial charge in [-0.25, -0.2) is 0 Å². The molecule has 3 unspecified atom stereocenters. The van der Waals surface area contributed by atoms with Gasteiger partial charge in [0.05, 0.1) is 11.8 Å². The van der Waals surface area contributed by atoms with Crippen molar-refractivity contribution in [1.82, 2.24) is 10.2 Å². The van der Waals surface area contributed by atoms with Gasteiger partial charge in [0.1, 0.15) is 0 Å². The molecule has 2 aliphatic rings. The lowest BCUT2D eigenvalue weighted by Gasteiger charge is -2.19. The van der Waals surface area contributed by atoms with E-state index in [4.69, 9.17) is 0 Å². The number of fused-ring (bicyclic) bond motifs is 1. The van der Waals surface area contributed by atoms with E-state index in [0.29, 0.717) is 12.6 Å². The Morgan fingerprint density at radius 3 is 2.53 bits per heavy atom. The molecule has 15 heavy (non-hydrogen) atoms. The molecule has 1 N–H and O–H groups in total. The zero-order chi connectivity index (χ0) is 11.0. The Hall–Kier alpha value is -0.900. The van der Waals surface area contributed by atoms with Gasteiger partial charge in [0, 0.05) is 12.6 Å². The Morgan fingerprint density at radius 1 is 1.40 bits per heavy atom. The smallest absolute Gasteiger partial charge is 0.233 e. The van der Waals surface area contributed by atoms with Crippen molar-refractivity contribution in [3.05, 3.63) is 0 Å². The zero-order valence-electron chi connectivity index (χ0n) is 9.32. The van der Waals surface area contributed by atoms with E-state index in [1.54, 1.807) is 0 Å². The van der Waals surface area contributed by atoms with E-state index in [1.165, 1.54) is 4.90 Å². The third kappa shape index (κ3) is 1.91. The molecule has 2 rings (SSSR count). The number of piperidine rings is 1. The van der Waals surface area contributed by atoms with Crippen molar-refractivity contribution >= 4 is 11.8 Å². The molecule has 0 radical (unpaired) electrons. The highest BCUT2D eigenvalue weighted by Crippen LogP contribution is 2.46. The molecule has 4 nitrogen and oxygen atoms in total. The minimum absolute atomic E-state index is 0.0481. The largest absolute Gasteiger partial charge is 0.314 e. The predicted octanol–water partition coefficient (Wildman–Crippen LogP) is 0.379. The highest BCUT2D eigenvalue weighted by atomic mass is 16.2. The Balaban J connectivity index is 1.80. The molecule has 1 saturated carbocycles. The fourth-order valence-corrected chi connectivity index (χ4v) is 2.24. The van der Waals surface area contributed by atoms with E-state index in [9.17, 15) is 9.59 Å². The summed E-state index contributed by atoms with van der Waals surface area (Å²) in [6, 6.07) is 0.368. The van der Waals surface area contributed by atoms with Crippen LogP contribution in [0.1, 0.15) is 26.7 Å². The molecule has 0 aromatic heterocycles. The first-order chi connectivity index (χ1) is 7.15. The van der Waals surface area contributed by atoms with Crippen molar-refractivity contribution in [2.75, 3.05) is 13.1 Å².